The Morgan fingerprint density at radius 2 is 1.63 bits per heavy atom. The number of anilines is 2. The number of nitrogens with one attached hydrogen (secondary N) is 2. The summed E-state index contributed by atoms with van der Waals surface area (Å²) in [5, 5.41) is 12.4. The Balaban J connectivity index is 1.42. The molecule has 2 heterocycles. The number of likely N-dealkylation sites (N-methyl/N-ethyl adjacent to an activating group) is 1. The maximum Gasteiger partial charge on any atom is 0.387 e. The van der Waals surface area contributed by atoms with Crippen LogP contribution in [0.3, 0.4) is 0 Å². The summed E-state index contributed by atoms with van der Waals surface area (Å²) in [7, 11) is 1.65. The lowest BCUT2D eigenvalue weighted by molar-refractivity contribution is -0.119. The van der Waals surface area contributed by atoms with Crippen LogP contribution in [-0.2, 0) is 4.79 Å². The van der Waals surface area contributed by atoms with Gasteiger partial charge in [0.25, 0.3) is 5.91 Å². The van der Waals surface area contributed by atoms with E-state index in [1.54, 1.807) is 31.3 Å². The molecule has 0 bridgehead atoms. The molecule has 35 heavy (non-hydrogen) atoms. The molecule has 0 saturated heterocycles. The second-order valence-corrected chi connectivity index (χ2v) is 7.76. The molecule has 0 aromatic heterocycles. The highest BCUT2D eigenvalue weighted by atomic mass is 16.2. The molecule has 5 rings (SSSR count). The third-order valence-corrected chi connectivity index (χ3v) is 5.47. The Hall–Kier alpha value is -4.99. The van der Waals surface area contributed by atoms with Crippen molar-refractivity contribution in [2.45, 2.75) is 6.17 Å². The summed E-state index contributed by atoms with van der Waals surface area (Å²) in [5.41, 5.74) is 3.83. The number of urea groups is 2. The number of aliphatic imine (C=N–C) groups is 2. The van der Waals surface area contributed by atoms with Crippen molar-refractivity contribution in [2.75, 3.05) is 17.3 Å². The molecular weight excluding hydrogens is 446 g/mol. The summed E-state index contributed by atoms with van der Waals surface area (Å²) in [5.74, 6) is -0.221. The third-order valence-electron chi connectivity index (χ3n) is 5.47. The van der Waals surface area contributed by atoms with Gasteiger partial charge in [-0.05, 0) is 18.2 Å². The molecule has 0 saturated carbocycles. The van der Waals surface area contributed by atoms with Crippen LogP contribution < -0.4 is 15.5 Å². The van der Waals surface area contributed by atoms with E-state index in [1.165, 1.54) is 4.90 Å². The highest BCUT2D eigenvalue weighted by molar-refractivity contribution is 6.20. The number of carbonyl (C=O) groups is 3. The average Bonchev–Trinajstić information content (AvgIpc) is 3.29. The van der Waals surface area contributed by atoms with Crippen LogP contribution in [0.25, 0.3) is 0 Å². The van der Waals surface area contributed by atoms with Gasteiger partial charge in [-0.3, -0.25) is 4.79 Å². The predicted molar refractivity (Wildman–Crippen MR) is 131 cm³/mol. The van der Waals surface area contributed by atoms with Crippen LogP contribution in [0.15, 0.2) is 99.1 Å². The lowest BCUT2D eigenvalue weighted by atomic mass is 10.0. The second-order valence-electron chi connectivity index (χ2n) is 7.76. The van der Waals surface area contributed by atoms with E-state index in [1.807, 2.05) is 54.6 Å². The van der Waals surface area contributed by atoms with Crippen molar-refractivity contribution in [2.24, 2.45) is 20.2 Å². The van der Waals surface area contributed by atoms with Gasteiger partial charge in [-0.15, -0.1) is 5.11 Å². The fraction of sp³-hybridized carbons (Fsp3) is 0.0800. The number of para-hydroxylation sites is 1. The van der Waals surface area contributed by atoms with Crippen molar-refractivity contribution < 1.29 is 14.4 Å². The molecule has 1 atom stereocenters. The highest BCUT2D eigenvalue weighted by Gasteiger charge is 2.31. The number of amides is 5. The van der Waals surface area contributed by atoms with Gasteiger partial charge in [-0.2, -0.15) is 4.99 Å². The van der Waals surface area contributed by atoms with Crippen LogP contribution in [0.4, 0.5) is 21.0 Å². The van der Waals surface area contributed by atoms with Gasteiger partial charge in [0.15, 0.2) is 5.84 Å². The van der Waals surface area contributed by atoms with Gasteiger partial charge in [-0.1, -0.05) is 65.8 Å². The third kappa shape index (κ3) is 4.44. The van der Waals surface area contributed by atoms with Crippen LogP contribution >= 0.6 is 0 Å². The number of benzodiazepines with no additional fused rings is 1. The van der Waals surface area contributed by atoms with Gasteiger partial charge >= 0.3 is 12.1 Å². The molecule has 2 aliphatic rings. The quantitative estimate of drug-likeness (QED) is 0.605. The molecular formula is C25H19N7O3. The molecule has 0 aliphatic carbocycles. The van der Waals surface area contributed by atoms with Crippen molar-refractivity contribution in [3.05, 3.63) is 95.6 Å². The minimum Gasteiger partial charge on any atom is -0.311 e. The molecule has 3 aromatic carbocycles. The normalized spacial score (nSPS) is 16.8. The van der Waals surface area contributed by atoms with E-state index in [-0.39, 0.29) is 11.7 Å². The summed E-state index contributed by atoms with van der Waals surface area (Å²) in [6.07, 6.45) is -1.16. The van der Waals surface area contributed by atoms with Crippen LogP contribution in [-0.4, -0.2) is 42.7 Å². The molecule has 0 radical (unpaired) electrons. The first kappa shape index (κ1) is 21.8. The zero-order valence-corrected chi connectivity index (χ0v) is 18.5. The average molecular weight is 465 g/mol. The SMILES string of the molecule is CN1C(=O)C(NC(=O)Nc2cccc(C3=NC(=O)N=N3)c2)N=C(c2ccccc2)c2ccccc21. The molecule has 10 nitrogen and oxygen atoms in total. The lowest BCUT2D eigenvalue weighted by Gasteiger charge is -2.21. The first-order chi connectivity index (χ1) is 17.0. The Kier molecular flexibility index (Phi) is 5.68. The fourth-order valence-electron chi connectivity index (χ4n) is 3.82. The number of rotatable bonds is 4. The van der Waals surface area contributed by atoms with Gasteiger partial charge < -0.3 is 15.5 Å². The Morgan fingerprint density at radius 3 is 2.40 bits per heavy atom. The summed E-state index contributed by atoms with van der Waals surface area (Å²) in [6.45, 7) is 0. The molecule has 0 spiro atoms. The Bertz CT molecular complexity index is 1430. The number of benzene rings is 3. The number of azo groups is 1. The van der Waals surface area contributed by atoms with Crippen molar-refractivity contribution in [3.8, 4) is 0 Å². The van der Waals surface area contributed by atoms with E-state index < -0.39 is 18.2 Å². The van der Waals surface area contributed by atoms with Crippen molar-refractivity contribution in [1.29, 1.82) is 0 Å². The topological polar surface area (TPSA) is 128 Å². The van der Waals surface area contributed by atoms with E-state index in [2.05, 4.69) is 30.8 Å². The minimum absolute atomic E-state index is 0.162. The first-order valence-electron chi connectivity index (χ1n) is 10.7. The number of hydrogen-bond donors (Lipinski definition) is 2. The minimum atomic E-state index is -1.16. The van der Waals surface area contributed by atoms with E-state index in [4.69, 9.17) is 0 Å². The monoisotopic (exact) mass is 465 g/mol. The van der Waals surface area contributed by atoms with E-state index in [0.29, 0.717) is 22.6 Å². The number of fused-ring (bicyclic) bond motifs is 1. The van der Waals surface area contributed by atoms with Crippen molar-refractivity contribution in [3.63, 3.8) is 0 Å². The molecule has 10 heteroatoms. The fourth-order valence-corrected chi connectivity index (χ4v) is 3.82. The van der Waals surface area contributed by atoms with Crippen LogP contribution in [0.5, 0.6) is 0 Å². The maximum atomic E-state index is 13.2. The van der Waals surface area contributed by atoms with E-state index in [9.17, 15) is 14.4 Å². The highest BCUT2D eigenvalue weighted by Crippen LogP contribution is 2.27. The van der Waals surface area contributed by atoms with E-state index >= 15 is 0 Å². The smallest absolute Gasteiger partial charge is 0.311 e. The van der Waals surface area contributed by atoms with Crippen molar-refractivity contribution >= 4 is 40.9 Å². The Labute approximate surface area is 200 Å². The Morgan fingerprint density at radius 1 is 0.886 bits per heavy atom. The van der Waals surface area contributed by atoms with Crippen LogP contribution in [0, 0.1) is 0 Å². The zero-order chi connectivity index (χ0) is 24.4. The van der Waals surface area contributed by atoms with E-state index in [0.717, 1.165) is 11.1 Å². The molecule has 172 valence electrons. The first-order valence-corrected chi connectivity index (χ1v) is 10.7. The van der Waals surface area contributed by atoms with Gasteiger partial charge in [0.05, 0.1) is 11.4 Å². The largest absolute Gasteiger partial charge is 0.387 e. The summed E-state index contributed by atoms with van der Waals surface area (Å²) < 4.78 is 0. The summed E-state index contributed by atoms with van der Waals surface area (Å²) >= 11 is 0. The van der Waals surface area contributed by atoms with Gasteiger partial charge in [0.2, 0.25) is 6.17 Å². The van der Waals surface area contributed by atoms with Crippen LogP contribution in [0.2, 0.25) is 0 Å². The lowest BCUT2D eigenvalue weighted by Crippen LogP contribution is -2.47. The molecule has 3 aromatic rings. The molecule has 0 fully saturated rings. The maximum absolute atomic E-state index is 13.2. The zero-order valence-electron chi connectivity index (χ0n) is 18.5. The van der Waals surface area contributed by atoms with Gasteiger partial charge in [0.1, 0.15) is 0 Å². The van der Waals surface area contributed by atoms with Gasteiger partial charge in [-0.25, -0.2) is 14.6 Å². The molecule has 5 amide bonds. The standard InChI is InChI=1S/C25H19N7O3/c1-32-19-13-6-5-12-18(19)20(15-8-3-2-4-9-15)27-22(23(32)33)29-24(34)26-17-11-7-10-16(14-17)21-28-25(35)31-30-21/h2-14,22H,1H3,(H2,26,29,34). The molecule has 2 N–H and O–H groups in total. The van der Waals surface area contributed by atoms with Crippen LogP contribution in [0.1, 0.15) is 16.7 Å². The predicted octanol–water partition coefficient (Wildman–Crippen LogP) is 3.98. The summed E-state index contributed by atoms with van der Waals surface area (Å²) in [4.78, 5) is 47.2. The second kappa shape index (κ2) is 9.10. The number of amidine groups is 1. The number of carbonyl (C=O) groups excluding carboxylic acids is 3. The van der Waals surface area contributed by atoms with Gasteiger partial charge in [0, 0.05) is 29.4 Å². The molecule has 2 aliphatic heterocycles. The number of nitrogens with zero attached hydrogens (tertiary/aromatic N) is 5. The molecule has 1 unspecified atom stereocenters. The van der Waals surface area contributed by atoms with Crippen molar-refractivity contribution in [1.82, 2.24) is 5.32 Å². The summed E-state index contributed by atoms with van der Waals surface area (Å²) in [6, 6.07) is 22.3. The number of hydrogen-bond acceptors (Lipinski definition) is 5.